The summed E-state index contributed by atoms with van der Waals surface area (Å²) >= 11 is 0. The van der Waals surface area contributed by atoms with Crippen molar-refractivity contribution in [2.75, 3.05) is 27.4 Å². The number of esters is 2. The highest BCUT2D eigenvalue weighted by Gasteiger charge is 2.28. The van der Waals surface area contributed by atoms with Gasteiger partial charge in [-0.15, -0.1) is 0 Å². The number of benzene rings is 1. The van der Waals surface area contributed by atoms with Crippen LogP contribution in [0.4, 0.5) is 0 Å². The van der Waals surface area contributed by atoms with Crippen LogP contribution in [0.15, 0.2) is 23.1 Å². The first kappa shape index (κ1) is 20.0. The molecule has 0 saturated carbocycles. The van der Waals surface area contributed by atoms with Crippen LogP contribution in [-0.2, 0) is 19.6 Å². The third kappa shape index (κ3) is 5.41. The van der Waals surface area contributed by atoms with E-state index in [0.717, 1.165) is 26.4 Å². The maximum absolute atomic E-state index is 11.4. The number of methoxy groups -OCH3 is 2. The Hall–Kier alpha value is -2.01. The quantitative estimate of drug-likeness (QED) is 0.488. The van der Waals surface area contributed by atoms with Gasteiger partial charge in [-0.3, -0.25) is 4.55 Å². The van der Waals surface area contributed by atoms with Crippen LogP contribution in [0.25, 0.3) is 0 Å². The van der Waals surface area contributed by atoms with Gasteiger partial charge >= 0.3 is 11.9 Å². The number of rotatable bonds is 4. The van der Waals surface area contributed by atoms with Crippen molar-refractivity contribution in [2.45, 2.75) is 4.90 Å². The molecule has 9 nitrogen and oxygen atoms in total. The monoisotopic (exact) mass is 336 g/mol. The number of hydrogen-bond acceptors (Lipinski definition) is 8. The highest BCUT2D eigenvalue weighted by molar-refractivity contribution is 7.86. The molecule has 0 spiro atoms. The maximum Gasteiger partial charge on any atom is 0.339 e. The van der Waals surface area contributed by atoms with Crippen molar-refractivity contribution in [2.24, 2.45) is 0 Å². The molecule has 1 aromatic carbocycles. The average Bonchev–Trinajstić information content (AvgIpc) is 2.51. The Bertz CT molecular complexity index is 585. The van der Waals surface area contributed by atoms with Gasteiger partial charge in [-0.2, -0.15) is 8.42 Å². The molecule has 0 fully saturated rings. The molecule has 0 aliphatic carbocycles. The Labute approximate surface area is 126 Å². The largest absolute Gasteiger partial charge is 0.465 e. The molecule has 124 valence electrons. The number of hydrogen-bond donors (Lipinski definition) is 3. The molecule has 0 aromatic heterocycles. The van der Waals surface area contributed by atoms with E-state index in [-0.39, 0.29) is 13.2 Å². The molecule has 0 atom stereocenters. The Morgan fingerprint density at radius 2 is 1.36 bits per heavy atom. The lowest BCUT2D eigenvalue weighted by Crippen LogP contribution is -2.16. The average molecular weight is 336 g/mol. The van der Waals surface area contributed by atoms with Gasteiger partial charge in [0, 0.05) is 0 Å². The summed E-state index contributed by atoms with van der Waals surface area (Å²) in [6.07, 6.45) is 0. The van der Waals surface area contributed by atoms with E-state index in [1.54, 1.807) is 0 Å². The van der Waals surface area contributed by atoms with E-state index in [2.05, 4.69) is 9.47 Å². The minimum absolute atomic E-state index is 0.125. The fourth-order valence-corrected chi connectivity index (χ4v) is 2.21. The van der Waals surface area contributed by atoms with E-state index >= 15 is 0 Å². The fourth-order valence-electron chi connectivity index (χ4n) is 1.36. The van der Waals surface area contributed by atoms with Crippen LogP contribution in [0.5, 0.6) is 0 Å². The molecule has 1 aromatic rings. The van der Waals surface area contributed by atoms with Gasteiger partial charge in [-0.25, -0.2) is 9.59 Å². The molecule has 3 N–H and O–H groups in total. The standard InChI is InChI=1S/C10H10O7S.C2H6O2/c1-16-9(11)6-4-3-5-7(10(12)17-2)8(6)18(13,14)15;3-1-2-4/h3-5H,1-2H3,(H,13,14,15);3-4H,1-2H2. The lowest BCUT2D eigenvalue weighted by molar-refractivity contribution is 0.0589. The van der Waals surface area contributed by atoms with Crippen LogP contribution < -0.4 is 0 Å². The minimum Gasteiger partial charge on any atom is -0.465 e. The first-order valence-corrected chi connectivity index (χ1v) is 7.17. The maximum atomic E-state index is 11.4. The first-order chi connectivity index (χ1) is 10.2. The Balaban J connectivity index is 0.000000980. The van der Waals surface area contributed by atoms with Crippen molar-refractivity contribution < 1.29 is 42.2 Å². The summed E-state index contributed by atoms with van der Waals surface area (Å²) in [5.74, 6) is -1.98. The topological polar surface area (TPSA) is 147 Å². The van der Waals surface area contributed by atoms with Crippen LogP contribution in [0.2, 0.25) is 0 Å². The highest BCUT2D eigenvalue weighted by atomic mass is 32.2. The Morgan fingerprint density at radius 3 is 1.59 bits per heavy atom. The van der Waals surface area contributed by atoms with Crippen LogP contribution in [-0.4, -0.2) is 62.6 Å². The second-order valence-electron chi connectivity index (χ2n) is 3.59. The summed E-state index contributed by atoms with van der Waals surface area (Å²) in [4.78, 5) is 22.0. The molecule has 0 amide bonds. The molecule has 0 radical (unpaired) electrons. The highest BCUT2D eigenvalue weighted by Crippen LogP contribution is 2.22. The number of carbonyl (C=O) groups is 2. The van der Waals surface area contributed by atoms with Gasteiger partial charge in [-0.05, 0) is 12.1 Å². The van der Waals surface area contributed by atoms with E-state index in [1.165, 1.54) is 6.07 Å². The lowest BCUT2D eigenvalue weighted by Gasteiger charge is -2.09. The van der Waals surface area contributed by atoms with Gasteiger partial charge in [0.25, 0.3) is 10.1 Å². The van der Waals surface area contributed by atoms with Gasteiger partial charge in [0.05, 0.1) is 38.6 Å². The minimum atomic E-state index is -4.78. The molecule has 22 heavy (non-hydrogen) atoms. The van der Waals surface area contributed by atoms with E-state index in [9.17, 15) is 18.0 Å². The second kappa shape index (κ2) is 9.10. The smallest absolute Gasteiger partial charge is 0.339 e. The molecular weight excluding hydrogens is 320 g/mol. The number of ether oxygens (including phenoxy) is 2. The van der Waals surface area contributed by atoms with Gasteiger partial charge in [0.15, 0.2) is 0 Å². The van der Waals surface area contributed by atoms with Crippen LogP contribution in [0, 0.1) is 0 Å². The molecule has 0 bridgehead atoms. The zero-order chi connectivity index (χ0) is 17.3. The van der Waals surface area contributed by atoms with Crippen LogP contribution >= 0.6 is 0 Å². The fraction of sp³-hybridized carbons (Fsp3) is 0.333. The number of aliphatic hydroxyl groups is 2. The molecule has 1 rings (SSSR count). The van der Waals surface area contributed by atoms with E-state index in [0.29, 0.717) is 0 Å². The second-order valence-corrected chi connectivity index (χ2v) is 4.95. The predicted molar refractivity (Wildman–Crippen MR) is 73.1 cm³/mol. The summed E-state index contributed by atoms with van der Waals surface area (Å²) < 4.78 is 40.4. The summed E-state index contributed by atoms with van der Waals surface area (Å²) in [5, 5.41) is 15.2. The van der Waals surface area contributed by atoms with Gasteiger partial charge < -0.3 is 19.7 Å². The summed E-state index contributed by atoms with van der Waals surface area (Å²) in [7, 11) is -2.69. The molecule has 0 aliphatic heterocycles. The Kier molecular flexibility index (Phi) is 8.27. The van der Waals surface area contributed by atoms with Crippen molar-refractivity contribution in [1.82, 2.24) is 0 Å². The molecule has 10 heteroatoms. The number of aliphatic hydroxyl groups excluding tert-OH is 2. The zero-order valence-corrected chi connectivity index (χ0v) is 12.7. The van der Waals surface area contributed by atoms with Gasteiger partial charge in [0.2, 0.25) is 0 Å². The molecule has 0 saturated heterocycles. The predicted octanol–water partition coefficient (Wildman–Crippen LogP) is -0.523. The third-order valence-corrected chi connectivity index (χ3v) is 3.14. The van der Waals surface area contributed by atoms with Crippen LogP contribution in [0.3, 0.4) is 0 Å². The van der Waals surface area contributed by atoms with Crippen molar-refractivity contribution >= 4 is 22.1 Å². The molecule has 0 aliphatic rings. The SMILES string of the molecule is COC(=O)c1cccc(C(=O)OC)c1S(=O)(=O)O.OCCO. The van der Waals surface area contributed by atoms with E-state index in [4.69, 9.17) is 14.8 Å². The van der Waals surface area contributed by atoms with Crippen molar-refractivity contribution in [3.05, 3.63) is 29.3 Å². The molecular formula is C12H16O9S. The normalized spacial score (nSPS) is 10.2. The molecule has 0 unspecified atom stereocenters. The van der Waals surface area contributed by atoms with Gasteiger partial charge in [-0.1, -0.05) is 6.07 Å². The summed E-state index contributed by atoms with van der Waals surface area (Å²) in [6, 6.07) is 3.50. The molecule has 0 heterocycles. The van der Waals surface area contributed by atoms with Crippen molar-refractivity contribution in [3.63, 3.8) is 0 Å². The summed E-state index contributed by atoms with van der Waals surface area (Å²) in [6.45, 7) is -0.250. The van der Waals surface area contributed by atoms with Gasteiger partial charge in [0.1, 0.15) is 4.90 Å². The van der Waals surface area contributed by atoms with Crippen molar-refractivity contribution in [1.29, 1.82) is 0 Å². The Morgan fingerprint density at radius 1 is 1.00 bits per heavy atom. The third-order valence-electron chi connectivity index (χ3n) is 2.18. The van der Waals surface area contributed by atoms with Crippen LogP contribution in [0.1, 0.15) is 20.7 Å². The number of carbonyl (C=O) groups excluding carboxylic acids is 2. The van der Waals surface area contributed by atoms with Crippen molar-refractivity contribution in [3.8, 4) is 0 Å². The van der Waals surface area contributed by atoms with E-state index in [1.807, 2.05) is 0 Å². The van der Waals surface area contributed by atoms with E-state index < -0.39 is 38.1 Å². The first-order valence-electron chi connectivity index (χ1n) is 5.73. The summed E-state index contributed by atoms with van der Waals surface area (Å²) in [5.41, 5.74) is -0.884. The zero-order valence-electron chi connectivity index (χ0n) is 11.8. The lowest BCUT2D eigenvalue weighted by atomic mass is 10.1.